The standard InChI is InChI=1S/C17H30N2O/c1-7-17(8-2,20-9-3)16(19-18)15-11-13(5)12(4)10-14(15)6/h10-11,16,19H,7-9,18H2,1-6H3. The molecule has 20 heavy (non-hydrogen) atoms. The van der Waals surface area contributed by atoms with Crippen molar-refractivity contribution in [2.45, 2.75) is 66.0 Å². The van der Waals surface area contributed by atoms with Gasteiger partial charge in [0, 0.05) is 6.61 Å². The van der Waals surface area contributed by atoms with Crippen molar-refractivity contribution in [3.63, 3.8) is 0 Å². The fraction of sp³-hybridized carbons (Fsp3) is 0.647. The lowest BCUT2D eigenvalue weighted by atomic mass is 9.81. The highest BCUT2D eigenvalue weighted by Gasteiger charge is 2.37. The van der Waals surface area contributed by atoms with Gasteiger partial charge in [-0.3, -0.25) is 11.3 Å². The van der Waals surface area contributed by atoms with Gasteiger partial charge in [0.25, 0.3) is 0 Å². The Labute approximate surface area is 123 Å². The summed E-state index contributed by atoms with van der Waals surface area (Å²) in [6.45, 7) is 13.5. The summed E-state index contributed by atoms with van der Waals surface area (Å²) in [5.74, 6) is 5.90. The molecule has 1 aromatic rings. The average Bonchev–Trinajstić information content (AvgIpc) is 2.43. The monoisotopic (exact) mass is 278 g/mol. The molecule has 0 heterocycles. The van der Waals surface area contributed by atoms with Gasteiger partial charge in [0.05, 0.1) is 11.6 Å². The summed E-state index contributed by atoms with van der Waals surface area (Å²) >= 11 is 0. The normalized spacial score (nSPS) is 13.6. The van der Waals surface area contributed by atoms with Crippen LogP contribution < -0.4 is 11.3 Å². The quantitative estimate of drug-likeness (QED) is 0.590. The molecule has 0 aliphatic carbocycles. The Balaban J connectivity index is 3.33. The van der Waals surface area contributed by atoms with Gasteiger partial charge in [-0.1, -0.05) is 26.0 Å². The molecule has 0 spiro atoms. The molecule has 1 aromatic carbocycles. The Morgan fingerprint density at radius 3 is 2.05 bits per heavy atom. The highest BCUT2D eigenvalue weighted by molar-refractivity contribution is 5.39. The molecule has 1 atom stereocenters. The summed E-state index contributed by atoms with van der Waals surface area (Å²) in [6, 6.07) is 4.49. The molecule has 114 valence electrons. The second kappa shape index (κ2) is 7.21. The minimum atomic E-state index is -0.254. The topological polar surface area (TPSA) is 47.3 Å². The second-order valence-electron chi connectivity index (χ2n) is 5.60. The van der Waals surface area contributed by atoms with Crippen LogP contribution in [-0.4, -0.2) is 12.2 Å². The van der Waals surface area contributed by atoms with Crippen LogP contribution in [0.2, 0.25) is 0 Å². The number of aryl methyl sites for hydroxylation is 3. The van der Waals surface area contributed by atoms with Crippen LogP contribution in [0.3, 0.4) is 0 Å². The number of nitrogens with two attached hydrogens (primary N) is 1. The number of nitrogens with one attached hydrogen (secondary N) is 1. The van der Waals surface area contributed by atoms with E-state index in [9.17, 15) is 0 Å². The van der Waals surface area contributed by atoms with Crippen molar-refractivity contribution in [1.29, 1.82) is 0 Å². The first-order valence-corrected chi connectivity index (χ1v) is 7.63. The van der Waals surface area contributed by atoms with Crippen LogP contribution >= 0.6 is 0 Å². The first kappa shape index (κ1) is 17.2. The number of benzene rings is 1. The molecule has 1 rings (SSSR count). The highest BCUT2D eigenvalue weighted by atomic mass is 16.5. The van der Waals surface area contributed by atoms with Gasteiger partial charge in [-0.2, -0.15) is 0 Å². The van der Waals surface area contributed by atoms with E-state index in [-0.39, 0.29) is 11.6 Å². The Kier molecular flexibility index (Phi) is 6.18. The van der Waals surface area contributed by atoms with Crippen molar-refractivity contribution >= 4 is 0 Å². The van der Waals surface area contributed by atoms with Crippen molar-refractivity contribution in [3.05, 3.63) is 34.4 Å². The van der Waals surface area contributed by atoms with Gasteiger partial charge < -0.3 is 4.74 Å². The molecule has 0 amide bonds. The molecule has 0 aromatic heterocycles. The van der Waals surface area contributed by atoms with Crippen LogP contribution in [0, 0.1) is 20.8 Å². The van der Waals surface area contributed by atoms with Gasteiger partial charge in [0.15, 0.2) is 0 Å². The van der Waals surface area contributed by atoms with Crippen LogP contribution in [0.4, 0.5) is 0 Å². The van der Waals surface area contributed by atoms with E-state index in [1.807, 2.05) is 6.92 Å². The first-order valence-electron chi connectivity index (χ1n) is 7.63. The van der Waals surface area contributed by atoms with E-state index in [4.69, 9.17) is 10.6 Å². The van der Waals surface area contributed by atoms with Crippen LogP contribution in [0.5, 0.6) is 0 Å². The Morgan fingerprint density at radius 2 is 1.60 bits per heavy atom. The number of hydrogen-bond donors (Lipinski definition) is 2. The molecule has 0 radical (unpaired) electrons. The van der Waals surface area contributed by atoms with Crippen molar-refractivity contribution < 1.29 is 4.74 Å². The second-order valence-corrected chi connectivity index (χ2v) is 5.60. The van der Waals surface area contributed by atoms with Crippen molar-refractivity contribution in [2.24, 2.45) is 5.84 Å². The molecule has 3 heteroatoms. The number of ether oxygens (including phenoxy) is 1. The summed E-state index contributed by atoms with van der Waals surface area (Å²) in [5, 5.41) is 0. The largest absolute Gasteiger partial charge is 0.373 e. The van der Waals surface area contributed by atoms with Gasteiger partial charge in [-0.25, -0.2) is 0 Å². The zero-order chi connectivity index (χ0) is 15.3. The summed E-state index contributed by atoms with van der Waals surface area (Å²) in [5.41, 5.74) is 7.88. The molecule has 0 fully saturated rings. The minimum Gasteiger partial charge on any atom is -0.373 e. The van der Waals surface area contributed by atoms with Crippen LogP contribution in [0.1, 0.15) is 61.9 Å². The lowest BCUT2D eigenvalue weighted by Gasteiger charge is -2.40. The fourth-order valence-electron chi connectivity index (χ4n) is 3.05. The van der Waals surface area contributed by atoms with Gasteiger partial charge in [0.1, 0.15) is 0 Å². The van der Waals surface area contributed by atoms with E-state index in [0.29, 0.717) is 6.61 Å². The fourth-order valence-corrected chi connectivity index (χ4v) is 3.05. The molecular formula is C17H30N2O. The van der Waals surface area contributed by atoms with Crippen LogP contribution in [0.15, 0.2) is 12.1 Å². The van der Waals surface area contributed by atoms with Crippen molar-refractivity contribution in [1.82, 2.24) is 5.43 Å². The summed E-state index contributed by atoms with van der Waals surface area (Å²) < 4.78 is 6.12. The van der Waals surface area contributed by atoms with Gasteiger partial charge in [-0.05, 0) is 62.8 Å². The smallest absolute Gasteiger partial charge is 0.0883 e. The van der Waals surface area contributed by atoms with Crippen LogP contribution in [-0.2, 0) is 4.74 Å². The number of hydrazine groups is 1. The van der Waals surface area contributed by atoms with Gasteiger partial charge in [0.2, 0.25) is 0 Å². The molecule has 3 N–H and O–H groups in total. The Morgan fingerprint density at radius 1 is 1.05 bits per heavy atom. The van der Waals surface area contributed by atoms with Crippen molar-refractivity contribution in [3.8, 4) is 0 Å². The maximum absolute atomic E-state index is 6.12. The summed E-state index contributed by atoms with van der Waals surface area (Å²) in [7, 11) is 0. The zero-order valence-corrected chi connectivity index (χ0v) is 13.8. The number of rotatable bonds is 7. The molecule has 3 nitrogen and oxygen atoms in total. The summed E-state index contributed by atoms with van der Waals surface area (Å²) in [4.78, 5) is 0. The predicted octanol–water partition coefficient (Wildman–Crippen LogP) is 3.71. The first-order chi connectivity index (χ1) is 9.45. The Bertz CT molecular complexity index is 439. The average molecular weight is 278 g/mol. The molecule has 0 saturated carbocycles. The third kappa shape index (κ3) is 3.22. The van der Waals surface area contributed by atoms with Gasteiger partial charge in [-0.15, -0.1) is 0 Å². The maximum atomic E-state index is 6.12. The van der Waals surface area contributed by atoms with E-state index in [2.05, 4.69) is 52.2 Å². The number of hydrogen-bond acceptors (Lipinski definition) is 3. The summed E-state index contributed by atoms with van der Waals surface area (Å²) in [6.07, 6.45) is 1.86. The Hall–Kier alpha value is -0.900. The van der Waals surface area contributed by atoms with E-state index in [0.717, 1.165) is 12.8 Å². The third-order valence-electron chi connectivity index (χ3n) is 4.51. The third-order valence-corrected chi connectivity index (χ3v) is 4.51. The molecule has 1 unspecified atom stereocenters. The van der Waals surface area contributed by atoms with Gasteiger partial charge >= 0.3 is 0 Å². The van der Waals surface area contributed by atoms with E-state index < -0.39 is 0 Å². The lowest BCUT2D eigenvalue weighted by molar-refractivity contribution is -0.0735. The molecule has 0 aliphatic rings. The zero-order valence-electron chi connectivity index (χ0n) is 13.8. The molecular weight excluding hydrogens is 248 g/mol. The van der Waals surface area contributed by atoms with E-state index in [1.54, 1.807) is 0 Å². The molecule has 0 aliphatic heterocycles. The molecule has 0 bridgehead atoms. The predicted molar refractivity (Wildman–Crippen MR) is 85.7 cm³/mol. The highest BCUT2D eigenvalue weighted by Crippen LogP contribution is 2.37. The molecule has 0 saturated heterocycles. The van der Waals surface area contributed by atoms with E-state index >= 15 is 0 Å². The van der Waals surface area contributed by atoms with E-state index in [1.165, 1.54) is 22.3 Å². The maximum Gasteiger partial charge on any atom is 0.0883 e. The minimum absolute atomic E-state index is 0.0109. The lowest BCUT2D eigenvalue weighted by Crippen LogP contribution is -2.48. The van der Waals surface area contributed by atoms with Crippen LogP contribution in [0.25, 0.3) is 0 Å². The van der Waals surface area contributed by atoms with Crippen molar-refractivity contribution in [2.75, 3.05) is 6.61 Å². The SMILES string of the molecule is CCOC(CC)(CC)C(NN)c1cc(C)c(C)cc1C.